The maximum absolute atomic E-state index is 12.1. The summed E-state index contributed by atoms with van der Waals surface area (Å²) >= 11 is 5.95. The van der Waals surface area contributed by atoms with Gasteiger partial charge in [0, 0.05) is 0 Å². The average molecular weight is 311 g/mol. The van der Waals surface area contributed by atoms with Crippen molar-refractivity contribution in [2.75, 3.05) is 16.2 Å². The standard InChI is InChI=1S/C14H15ClN2O2S/c15-12-7-4-8-13(16)14(12)17-20(18,19)10-9-11-5-2-1-3-6-11/h1-8,17H,9-10,16H2. The summed E-state index contributed by atoms with van der Waals surface area (Å²) in [6.07, 6.45) is 0.431. The van der Waals surface area contributed by atoms with E-state index in [0.717, 1.165) is 5.56 Å². The van der Waals surface area contributed by atoms with Crippen LogP contribution >= 0.6 is 11.6 Å². The Bertz CT molecular complexity index is 667. The SMILES string of the molecule is Nc1cccc(Cl)c1NS(=O)(=O)CCc1ccccc1. The van der Waals surface area contributed by atoms with Crippen molar-refractivity contribution in [3.63, 3.8) is 0 Å². The predicted octanol–water partition coefficient (Wildman–Crippen LogP) is 2.91. The zero-order chi connectivity index (χ0) is 14.6. The van der Waals surface area contributed by atoms with Crippen LogP contribution in [0.2, 0.25) is 5.02 Å². The fraction of sp³-hybridized carbons (Fsp3) is 0.143. The molecule has 0 radical (unpaired) electrons. The van der Waals surface area contributed by atoms with Crippen molar-refractivity contribution in [2.24, 2.45) is 0 Å². The number of nitrogens with two attached hydrogens (primary N) is 1. The molecule has 20 heavy (non-hydrogen) atoms. The van der Waals surface area contributed by atoms with E-state index in [9.17, 15) is 8.42 Å². The van der Waals surface area contributed by atoms with Crippen LogP contribution in [0.1, 0.15) is 5.56 Å². The van der Waals surface area contributed by atoms with Crippen LogP contribution < -0.4 is 10.5 Å². The molecule has 3 N–H and O–H groups in total. The highest BCUT2D eigenvalue weighted by Gasteiger charge is 2.14. The predicted molar refractivity (Wildman–Crippen MR) is 83.4 cm³/mol. The second kappa shape index (κ2) is 6.15. The Morgan fingerprint density at radius 3 is 2.40 bits per heavy atom. The van der Waals surface area contributed by atoms with Crippen molar-refractivity contribution in [3.8, 4) is 0 Å². The van der Waals surface area contributed by atoms with E-state index in [0.29, 0.717) is 12.1 Å². The van der Waals surface area contributed by atoms with Gasteiger partial charge in [0.25, 0.3) is 0 Å². The van der Waals surface area contributed by atoms with Crippen molar-refractivity contribution in [3.05, 3.63) is 59.1 Å². The zero-order valence-corrected chi connectivity index (χ0v) is 12.3. The van der Waals surface area contributed by atoms with Crippen molar-refractivity contribution < 1.29 is 8.42 Å². The van der Waals surface area contributed by atoms with Gasteiger partial charge in [-0.05, 0) is 24.1 Å². The lowest BCUT2D eigenvalue weighted by Crippen LogP contribution is -2.19. The second-order valence-corrected chi connectivity index (χ2v) is 6.61. The fourth-order valence-electron chi connectivity index (χ4n) is 1.75. The van der Waals surface area contributed by atoms with Gasteiger partial charge in [0.1, 0.15) is 0 Å². The molecule has 2 aromatic rings. The van der Waals surface area contributed by atoms with Crippen molar-refractivity contribution >= 4 is 33.0 Å². The van der Waals surface area contributed by atoms with E-state index in [1.54, 1.807) is 18.2 Å². The second-order valence-electron chi connectivity index (χ2n) is 4.36. The molecule has 0 heterocycles. The Balaban J connectivity index is 2.08. The third-order valence-corrected chi connectivity index (χ3v) is 4.38. The molecular weight excluding hydrogens is 296 g/mol. The highest BCUT2D eigenvalue weighted by atomic mass is 35.5. The van der Waals surface area contributed by atoms with Crippen LogP contribution in [-0.4, -0.2) is 14.2 Å². The van der Waals surface area contributed by atoms with Gasteiger partial charge >= 0.3 is 0 Å². The van der Waals surface area contributed by atoms with Crippen LogP contribution in [0.4, 0.5) is 11.4 Å². The number of nitrogen functional groups attached to an aromatic ring is 1. The Morgan fingerprint density at radius 1 is 1.05 bits per heavy atom. The third kappa shape index (κ3) is 3.88. The quantitative estimate of drug-likeness (QED) is 0.834. The molecule has 0 atom stereocenters. The van der Waals surface area contributed by atoms with Crippen LogP contribution in [0.15, 0.2) is 48.5 Å². The van der Waals surface area contributed by atoms with E-state index in [1.165, 1.54) is 0 Å². The number of aryl methyl sites for hydroxylation is 1. The molecule has 2 rings (SSSR count). The van der Waals surface area contributed by atoms with Gasteiger partial charge in [0.2, 0.25) is 10.0 Å². The van der Waals surface area contributed by atoms with Gasteiger partial charge in [0.15, 0.2) is 0 Å². The number of hydrogen-bond donors (Lipinski definition) is 2. The Labute approximate surface area is 123 Å². The van der Waals surface area contributed by atoms with E-state index in [-0.39, 0.29) is 16.5 Å². The molecule has 4 nitrogen and oxygen atoms in total. The van der Waals surface area contributed by atoms with Gasteiger partial charge in [-0.15, -0.1) is 0 Å². The molecule has 0 saturated carbocycles. The van der Waals surface area contributed by atoms with Crippen LogP contribution in [0, 0.1) is 0 Å². The molecule has 0 aliphatic carbocycles. The van der Waals surface area contributed by atoms with E-state index >= 15 is 0 Å². The molecule has 0 aliphatic heterocycles. The lowest BCUT2D eigenvalue weighted by molar-refractivity contribution is 0.600. The minimum atomic E-state index is -3.49. The summed E-state index contributed by atoms with van der Waals surface area (Å²) < 4.78 is 26.5. The number of nitrogens with one attached hydrogen (secondary N) is 1. The van der Waals surface area contributed by atoms with Crippen molar-refractivity contribution in [2.45, 2.75) is 6.42 Å². The molecule has 0 aliphatic rings. The maximum atomic E-state index is 12.1. The molecule has 0 amide bonds. The third-order valence-electron chi connectivity index (χ3n) is 2.81. The molecule has 0 unspecified atom stereocenters. The summed E-state index contributed by atoms with van der Waals surface area (Å²) in [5.74, 6) is -0.0261. The molecule has 2 aromatic carbocycles. The first kappa shape index (κ1) is 14.7. The van der Waals surface area contributed by atoms with E-state index in [2.05, 4.69) is 4.72 Å². The van der Waals surface area contributed by atoms with Gasteiger partial charge in [-0.3, -0.25) is 4.72 Å². The van der Waals surface area contributed by atoms with Gasteiger partial charge < -0.3 is 5.73 Å². The Kier molecular flexibility index (Phi) is 4.52. The highest BCUT2D eigenvalue weighted by Crippen LogP contribution is 2.28. The molecule has 0 aromatic heterocycles. The lowest BCUT2D eigenvalue weighted by atomic mass is 10.2. The van der Waals surface area contributed by atoms with Crippen molar-refractivity contribution in [1.29, 1.82) is 0 Å². The van der Waals surface area contributed by atoms with Gasteiger partial charge in [-0.25, -0.2) is 8.42 Å². The summed E-state index contributed by atoms with van der Waals surface area (Å²) in [7, 11) is -3.49. The van der Waals surface area contributed by atoms with Crippen LogP contribution in [0.5, 0.6) is 0 Å². The number of benzene rings is 2. The number of rotatable bonds is 5. The topological polar surface area (TPSA) is 72.2 Å². The summed E-state index contributed by atoms with van der Waals surface area (Å²) in [4.78, 5) is 0. The lowest BCUT2D eigenvalue weighted by Gasteiger charge is -2.11. The molecule has 0 bridgehead atoms. The number of hydrogen-bond acceptors (Lipinski definition) is 3. The maximum Gasteiger partial charge on any atom is 0.233 e. The Hall–Kier alpha value is -1.72. The summed E-state index contributed by atoms with van der Waals surface area (Å²) in [6.45, 7) is 0. The molecule has 0 spiro atoms. The van der Waals surface area contributed by atoms with E-state index < -0.39 is 10.0 Å². The van der Waals surface area contributed by atoms with Crippen molar-refractivity contribution in [1.82, 2.24) is 0 Å². The smallest absolute Gasteiger partial charge is 0.233 e. The number of para-hydroxylation sites is 1. The first-order valence-corrected chi connectivity index (χ1v) is 8.09. The van der Waals surface area contributed by atoms with Crippen LogP contribution in [-0.2, 0) is 16.4 Å². The summed E-state index contributed by atoms with van der Waals surface area (Å²) in [5, 5.41) is 0.285. The first-order valence-electron chi connectivity index (χ1n) is 6.06. The van der Waals surface area contributed by atoms with Gasteiger partial charge in [0.05, 0.1) is 22.2 Å². The fourth-order valence-corrected chi connectivity index (χ4v) is 3.18. The largest absolute Gasteiger partial charge is 0.397 e. The zero-order valence-electron chi connectivity index (χ0n) is 10.7. The van der Waals surface area contributed by atoms with Crippen LogP contribution in [0.25, 0.3) is 0 Å². The number of sulfonamides is 1. The Morgan fingerprint density at radius 2 is 1.75 bits per heavy atom. The summed E-state index contributed by atoms with van der Waals surface area (Å²) in [6, 6.07) is 14.3. The summed E-state index contributed by atoms with van der Waals surface area (Å²) in [5.41, 5.74) is 7.23. The molecular formula is C14H15ClN2O2S. The van der Waals surface area contributed by atoms with Gasteiger partial charge in [-0.2, -0.15) is 0 Å². The normalized spacial score (nSPS) is 11.2. The van der Waals surface area contributed by atoms with E-state index in [4.69, 9.17) is 17.3 Å². The van der Waals surface area contributed by atoms with E-state index in [1.807, 2.05) is 30.3 Å². The number of halogens is 1. The van der Waals surface area contributed by atoms with Crippen LogP contribution in [0.3, 0.4) is 0 Å². The molecule has 0 saturated heterocycles. The monoisotopic (exact) mass is 310 g/mol. The minimum absolute atomic E-state index is 0.0261. The highest BCUT2D eigenvalue weighted by molar-refractivity contribution is 7.92. The first-order chi connectivity index (χ1) is 9.48. The minimum Gasteiger partial charge on any atom is -0.397 e. The average Bonchev–Trinajstić information content (AvgIpc) is 2.42. The molecule has 0 fully saturated rings. The van der Waals surface area contributed by atoms with Gasteiger partial charge in [-0.1, -0.05) is 48.0 Å². The molecule has 106 valence electrons. The number of anilines is 2. The molecule has 6 heteroatoms.